The fraction of sp³-hybridized carbons (Fsp3) is 0.444. The molecule has 3 rings (SSSR count). The second-order valence-corrected chi connectivity index (χ2v) is 7.89. The van der Waals surface area contributed by atoms with Gasteiger partial charge in [0.2, 0.25) is 5.91 Å². The van der Waals surface area contributed by atoms with Crippen molar-refractivity contribution >= 4 is 17.2 Å². The summed E-state index contributed by atoms with van der Waals surface area (Å²) in [4.78, 5) is 18.9. The van der Waals surface area contributed by atoms with E-state index in [1.165, 1.54) is 23.5 Å². The maximum Gasteiger partial charge on any atom is 0.228 e. The van der Waals surface area contributed by atoms with Gasteiger partial charge in [-0.2, -0.15) is 0 Å². The van der Waals surface area contributed by atoms with E-state index in [2.05, 4.69) is 18.8 Å². The van der Waals surface area contributed by atoms with Crippen molar-refractivity contribution in [1.82, 2.24) is 9.88 Å². The molecule has 2 aromatic rings. The van der Waals surface area contributed by atoms with Crippen molar-refractivity contribution in [1.29, 1.82) is 0 Å². The van der Waals surface area contributed by atoms with E-state index in [1.807, 2.05) is 16.3 Å². The Morgan fingerprint density at radius 2 is 2.29 bits per heavy atom. The lowest BCUT2D eigenvalue weighted by Gasteiger charge is -2.42. The van der Waals surface area contributed by atoms with E-state index in [9.17, 15) is 9.18 Å². The Kier molecular flexibility index (Phi) is 4.69. The van der Waals surface area contributed by atoms with Gasteiger partial charge in [0.05, 0.1) is 12.1 Å². The molecule has 1 aromatic carbocycles. The predicted octanol–water partition coefficient (Wildman–Crippen LogP) is 3.08. The zero-order valence-corrected chi connectivity index (χ0v) is 14.8. The molecular formula is C18H22FN3OS. The molecule has 1 unspecified atom stereocenters. The summed E-state index contributed by atoms with van der Waals surface area (Å²) >= 11 is 1.43. The minimum absolute atomic E-state index is 0.0668. The quantitative estimate of drug-likeness (QED) is 0.928. The maximum absolute atomic E-state index is 13.3. The van der Waals surface area contributed by atoms with Gasteiger partial charge in [-0.05, 0) is 24.0 Å². The smallest absolute Gasteiger partial charge is 0.228 e. The van der Waals surface area contributed by atoms with Crippen LogP contribution in [0.4, 0.5) is 4.39 Å². The Hall–Kier alpha value is -1.79. The van der Waals surface area contributed by atoms with Gasteiger partial charge >= 0.3 is 0 Å². The van der Waals surface area contributed by atoms with Gasteiger partial charge in [0.25, 0.3) is 0 Å². The van der Waals surface area contributed by atoms with Gasteiger partial charge in [0.15, 0.2) is 0 Å². The van der Waals surface area contributed by atoms with Crippen molar-refractivity contribution in [2.24, 2.45) is 11.1 Å². The van der Waals surface area contributed by atoms with Crippen molar-refractivity contribution in [3.63, 3.8) is 0 Å². The number of carbonyl (C=O) groups excluding carboxylic acids is 1. The highest BCUT2D eigenvalue weighted by molar-refractivity contribution is 7.13. The number of nitrogens with two attached hydrogens (primary N) is 1. The highest BCUT2D eigenvalue weighted by Crippen LogP contribution is 2.29. The second-order valence-electron chi connectivity index (χ2n) is 7.03. The summed E-state index contributed by atoms with van der Waals surface area (Å²) in [7, 11) is 0. The second kappa shape index (κ2) is 6.61. The van der Waals surface area contributed by atoms with E-state index in [1.54, 1.807) is 6.07 Å². The number of aromatic nitrogens is 1. The molecule has 4 nitrogen and oxygen atoms in total. The Morgan fingerprint density at radius 3 is 3.00 bits per heavy atom. The normalized spacial score (nSPS) is 20.2. The molecule has 0 saturated carbocycles. The fourth-order valence-electron chi connectivity index (χ4n) is 3.00. The van der Waals surface area contributed by atoms with E-state index >= 15 is 0 Å². The standard InChI is InChI=1S/C18H22FN3OS/c1-18(2)11-22(7-6-15(18)20)16(23)9-14-10-24-17(21-14)12-4-3-5-13(19)8-12/h3-5,8,10,15H,6-7,9,11,20H2,1-2H3. The van der Waals surface area contributed by atoms with Crippen LogP contribution in [0.5, 0.6) is 0 Å². The van der Waals surface area contributed by atoms with Gasteiger partial charge in [-0.3, -0.25) is 4.79 Å². The zero-order chi connectivity index (χ0) is 17.3. The third-order valence-electron chi connectivity index (χ3n) is 4.62. The molecule has 1 atom stereocenters. The lowest BCUT2D eigenvalue weighted by molar-refractivity contribution is -0.133. The minimum Gasteiger partial charge on any atom is -0.342 e. The van der Waals surface area contributed by atoms with Crippen LogP contribution in [-0.4, -0.2) is 34.9 Å². The van der Waals surface area contributed by atoms with Crippen LogP contribution in [0, 0.1) is 11.2 Å². The molecule has 1 aliphatic rings. The van der Waals surface area contributed by atoms with Gasteiger partial charge in [-0.25, -0.2) is 9.37 Å². The number of hydrogen-bond donors (Lipinski definition) is 1. The molecule has 0 radical (unpaired) electrons. The summed E-state index contributed by atoms with van der Waals surface area (Å²) in [6.45, 7) is 5.57. The van der Waals surface area contributed by atoms with Crippen molar-refractivity contribution in [2.75, 3.05) is 13.1 Å². The van der Waals surface area contributed by atoms with Crippen LogP contribution in [-0.2, 0) is 11.2 Å². The molecule has 0 aliphatic carbocycles. The summed E-state index contributed by atoms with van der Waals surface area (Å²) in [5.41, 5.74) is 7.53. The first-order chi connectivity index (χ1) is 11.3. The lowest BCUT2D eigenvalue weighted by atomic mass is 9.79. The summed E-state index contributed by atoms with van der Waals surface area (Å²) in [6, 6.07) is 6.47. The minimum atomic E-state index is -0.285. The summed E-state index contributed by atoms with van der Waals surface area (Å²) in [6.07, 6.45) is 1.10. The molecule has 1 fully saturated rings. The third kappa shape index (κ3) is 3.65. The van der Waals surface area contributed by atoms with Crippen LogP contribution < -0.4 is 5.73 Å². The van der Waals surface area contributed by atoms with Gasteiger partial charge < -0.3 is 10.6 Å². The van der Waals surface area contributed by atoms with Crippen LogP contribution in [0.3, 0.4) is 0 Å². The number of benzene rings is 1. The summed E-state index contributed by atoms with van der Waals surface area (Å²) < 4.78 is 13.3. The number of thiazole rings is 1. The molecule has 2 N–H and O–H groups in total. The number of hydrogen-bond acceptors (Lipinski definition) is 4. The van der Waals surface area contributed by atoms with E-state index in [0.717, 1.165) is 22.7 Å². The Bertz CT molecular complexity index is 743. The number of likely N-dealkylation sites (tertiary alicyclic amines) is 1. The molecule has 128 valence electrons. The summed E-state index contributed by atoms with van der Waals surface area (Å²) in [5, 5.41) is 2.61. The molecule has 1 aliphatic heterocycles. The molecular weight excluding hydrogens is 325 g/mol. The van der Waals surface area contributed by atoms with E-state index < -0.39 is 0 Å². The number of rotatable bonds is 3. The van der Waals surface area contributed by atoms with Crippen LogP contribution in [0.15, 0.2) is 29.6 Å². The van der Waals surface area contributed by atoms with Crippen LogP contribution in [0.25, 0.3) is 10.6 Å². The predicted molar refractivity (Wildman–Crippen MR) is 94.2 cm³/mol. The first kappa shape index (κ1) is 17.0. The number of carbonyl (C=O) groups is 1. The maximum atomic E-state index is 13.3. The van der Waals surface area contributed by atoms with Crippen molar-refractivity contribution in [3.8, 4) is 10.6 Å². The van der Waals surface area contributed by atoms with Gasteiger partial charge in [0.1, 0.15) is 10.8 Å². The van der Waals surface area contributed by atoms with E-state index in [-0.39, 0.29) is 29.6 Å². The average molecular weight is 347 g/mol. The largest absolute Gasteiger partial charge is 0.342 e. The van der Waals surface area contributed by atoms with E-state index in [4.69, 9.17) is 5.73 Å². The van der Waals surface area contributed by atoms with Crippen molar-refractivity contribution in [2.45, 2.75) is 32.7 Å². The first-order valence-electron chi connectivity index (χ1n) is 8.09. The number of amides is 1. The Balaban J connectivity index is 1.68. The van der Waals surface area contributed by atoms with Gasteiger partial charge in [-0.15, -0.1) is 11.3 Å². The highest BCUT2D eigenvalue weighted by atomic mass is 32.1. The topological polar surface area (TPSA) is 59.2 Å². The molecule has 1 aromatic heterocycles. The van der Waals surface area contributed by atoms with Crippen LogP contribution >= 0.6 is 11.3 Å². The SMILES string of the molecule is CC1(C)CN(C(=O)Cc2csc(-c3cccc(F)c3)n2)CCC1N. The molecule has 2 heterocycles. The molecule has 24 heavy (non-hydrogen) atoms. The Morgan fingerprint density at radius 1 is 1.50 bits per heavy atom. The molecule has 6 heteroatoms. The van der Waals surface area contributed by atoms with Crippen LogP contribution in [0.1, 0.15) is 26.0 Å². The number of halogens is 1. The Labute approximate surface area is 145 Å². The van der Waals surface area contributed by atoms with Crippen molar-refractivity contribution < 1.29 is 9.18 Å². The molecule has 0 bridgehead atoms. The number of piperidine rings is 1. The fourth-order valence-corrected chi connectivity index (χ4v) is 3.81. The van der Waals surface area contributed by atoms with Crippen molar-refractivity contribution in [3.05, 3.63) is 41.2 Å². The number of nitrogens with zero attached hydrogens (tertiary/aromatic N) is 2. The van der Waals surface area contributed by atoms with Gasteiger partial charge in [-0.1, -0.05) is 26.0 Å². The van der Waals surface area contributed by atoms with E-state index in [0.29, 0.717) is 13.1 Å². The lowest BCUT2D eigenvalue weighted by Crippen LogP contribution is -2.54. The monoisotopic (exact) mass is 347 g/mol. The van der Waals surface area contributed by atoms with Crippen LogP contribution in [0.2, 0.25) is 0 Å². The third-order valence-corrected chi connectivity index (χ3v) is 5.56. The average Bonchev–Trinajstić information content (AvgIpc) is 2.98. The molecule has 1 saturated heterocycles. The molecule has 1 amide bonds. The summed E-state index contributed by atoms with van der Waals surface area (Å²) in [5.74, 6) is -0.210. The molecule has 0 spiro atoms. The zero-order valence-electron chi connectivity index (χ0n) is 14.0. The highest BCUT2D eigenvalue weighted by Gasteiger charge is 2.35. The van der Waals surface area contributed by atoms with Gasteiger partial charge in [0, 0.05) is 30.1 Å². The first-order valence-corrected chi connectivity index (χ1v) is 8.97.